The smallest absolute Gasteiger partial charge is 0.146 e. The fraction of sp³-hybridized carbons (Fsp3) is 0.571. The van der Waals surface area contributed by atoms with Crippen molar-refractivity contribution in [1.29, 1.82) is 0 Å². The van der Waals surface area contributed by atoms with E-state index in [4.69, 9.17) is 5.73 Å². The van der Waals surface area contributed by atoms with Crippen molar-refractivity contribution < 1.29 is 0 Å². The van der Waals surface area contributed by atoms with Gasteiger partial charge in [0, 0.05) is 25.0 Å². The minimum Gasteiger partial charge on any atom is -0.346 e. The second-order valence-corrected chi connectivity index (χ2v) is 5.38. The average molecular weight is 259 g/mol. The van der Waals surface area contributed by atoms with E-state index in [1.54, 1.807) is 6.33 Å². The Labute approximate surface area is 113 Å². The first kappa shape index (κ1) is 12.4. The van der Waals surface area contributed by atoms with Gasteiger partial charge in [-0.1, -0.05) is 6.92 Å². The summed E-state index contributed by atoms with van der Waals surface area (Å²) < 4.78 is 4.12. The molecule has 2 heterocycles. The van der Waals surface area contributed by atoms with Crippen molar-refractivity contribution in [3.8, 4) is 0 Å². The summed E-state index contributed by atoms with van der Waals surface area (Å²) in [5.41, 5.74) is 7.46. The molecule has 5 heteroatoms. The van der Waals surface area contributed by atoms with Gasteiger partial charge in [0.05, 0.1) is 6.54 Å². The molecule has 0 spiro atoms. The molecule has 0 aliphatic heterocycles. The minimum atomic E-state index is 0.203. The zero-order chi connectivity index (χ0) is 13.2. The average Bonchev–Trinajstić information content (AvgIpc) is 3.01. The molecule has 0 saturated heterocycles. The second-order valence-electron chi connectivity index (χ2n) is 5.38. The predicted molar refractivity (Wildman–Crippen MR) is 73.5 cm³/mol. The van der Waals surface area contributed by atoms with Crippen LogP contribution in [-0.4, -0.2) is 19.3 Å². The first-order valence-corrected chi connectivity index (χ1v) is 7.06. The van der Waals surface area contributed by atoms with Crippen molar-refractivity contribution >= 4 is 0 Å². The Hall–Kier alpha value is -1.62. The van der Waals surface area contributed by atoms with Gasteiger partial charge in [-0.25, -0.2) is 9.67 Å². The molecule has 0 amide bonds. The molecule has 1 aliphatic rings. The highest BCUT2D eigenvalue weighted by atomic mass is 15.3. The Morgan fingerprint density at radius 3 is 3.05 bits per heavy atom. The van der Waals surface area contributed by atoms with Crippen LogP contribution in [0.15, 0.2) is 24.8 Å². The maximum absolute atomic E-state index is 6.22. The van der Waals surface area contributed by atoms with E-state index in [1.165, 1.54) is 18.4 Å². The van der Waals surface area contributed by atoms with Gasteiger partial charge in [-0.05, 0) is 36.8 Å². The van der Waals surface area contributed by atoms with Crippen molar-refractivity contribution in [3.05, 3.63) is 36.2 Å². The molecule has 0 aromatic carbocycles. The van der Waals surface area contributed by atoms with Crippen LogP contribution in [0, 0.1) is 5.92 Å². The van der Waals surface area contributed by atoms with E-state index in [1.807, 2.05) is 4.68 Å². The third-order valence-electron chi connectivity index (χ3n) is 3.74. The number of aryl methyl sites for hydroxylation is 1. The zero-order valence-electron chi connectivity index (χ0n) is 11.4. The van der Waals surface area contributed by atoms with E-state index in [2.05, 4.69) is 40.0 Å². The third kappa shape index (κ3) is 2.71. The summed E-state index contributed by atoms with van der Waals surface area (Å²) in [6, 6.07) is 2.33. The van der Waals surface area contributed by atoms with Crippen LogP contribution < -0.4 is 5.73 Å². The van der Waals surface area contributed by atoms with Gasteiger partial charge in [0.25, 0.3) is 0 Å². The van der Waals surface area contributed by atoms with Gasteiger partial charge >= 0.3 is 0 Å². The van der Waals surface area contributed by atoms with Crippen LogP contribution in [0.25, 0.3) is 0 Å². The van der Waals surface area contributed by atoms with Crippen LogP contribution in [0.5, 0.6) is 0 Å². The molecule has 1 fully saturated rings. The standard InChI is InChI=1S/C14H21N5/c1-2-6-19-13(16-10-17-19)9-18-7-5-12(8-18)14(15)11-3-4-11/h5,7-8,10-11,14H,2-4,6,9,15H2,1H3. The predicted octanol–water partition coefficient (Wildman–Crippen LogP) is 1.95. The maximum atomic E-state index is 6.22. The topological polar surface area (TPSA) is 61.7 Å². The molecule has 3 rings (SSSR count). The molecule has 2 aromatic heterocycles. The summed E-state index contributed by atoms with van der Waals surface area (Å²) in [6.07, 6.45) is 9.48. The van der Waals surface area contributed by atoms with Crippen LogP contribution in [0.2, 0.25) is 0 Å². The number of hydrogen-bond acceptors (Lipinski definition) is 3. The SMILES string of the molecule is CCCn1ncnc1Cn1ccc(C(N)C2CC2)c1. The molecule has 1 saturated carbocycles. The van der Waals surface area contributed by atoms with Crippen molar-refractivity contribution in [2.24, 2.45) is 11.7 Å². The van der Waals surface area contributed by atoms with Gasteiger partial charge in [-0.3, -0.25) is 0 Å². The molecular formula is C14H21N5. The third-order valence-corrected chi connectivity index (χ3v) is 3.74. The molecule has 1 aliphatic carbocycles. The minimum absolute atomic E-state index is 0.203. The van der Waals surface area contributed by atoms with Crippen molar-refractivity contribution in [1.82, 2.24) is 19.3 Å². The van der Waals surface area contributed by atoms with Crippen molar-refractivity contribution in [3.63, 3.8) is 0 Å². The summed E-state index contributed by atoms with van der Waals surface area (Å²) in [4.78, 5) is 4.33. The van der Waals surface area contributed by atoms with E-state index in [-0.39, 0.29) is 6.04 Å². The lowest BCUT2D eigenvalue weighted by molar-refractivity contribution is 0.553. The Morgan fingerprint density at radius 1 is 1.47 bits per heavy atom. The number of rotatable bonds is 6. The monoisotopic (exact) mass is 259 g/mol. The highest BCUT2D eigenvalue weighted by Gasteiger charge is 2.29. The van der Waals surface area contributed by atoms with Crippen LogP contribution >= 0.6 is 0 Å². The molecule has 0 radical (unpaired) electrons. The Balaban J connectivity index is 1.70. The van der Waals surface area contributed by atoms with Gasteiger partial charge in [0.1, 0.15) is 12.2 Å². The summed E-state index contributed by atoms with van der Waals surface area (Å²) in [7, 11) is 0. The van der Waals surface area contributed by atoms with E-state index < -0.39 is 0 Å². The van der Waals surface area contributed by atoms with E-state index in [0.717, 1.165) is 25.3 Å². The molecule has 2 N–H and O–H groups in total. The summed E-state index contributed by atoms with van der Waals surface area (Å²) in [6.45, 7) is 3.83. The van der Waals surface area contributed by atoms with E-state index >= 15 is 0 Å². The Bertz CT molecular complexity index is 538. The van der Waals surface area contributed by atoms with Gasteiger partial charge in [0.2, 0.25) is 0 Å². The van der Waals surface area contributed by atoms with E-state index in [0.29, 0.717) is 5.92 Å². The normalized spacial score (nSPS) is 16.7. The fourth-order valence-electron chi connectivity index (χ4n) is 2.45. The van der Waals surface area contributed by atoms with Gasteiger partial charge in [0.15, 0.2) is 0 Å². The summed E-state index contributed by atoms with van der Waals surface area (Å²) in [5, 5.41) is 4.25. The maximum Gasteiger partial charge on any atom is 0.146 e. The van der Waals surface area contributed by atoms with Crippen LogP contribution in [-0.2, 0) is 13.1 Å². The Morgan fingerprint density at radius 2 is 2.32 bits per heavy atom. The highest BCUT2D eigenvalue weighted by molar-refractivity contribution is 5.18. The van der Waals surface area contributed by atoms with Gasteiger partial charge < -0.3 is 10.3 Å². The zero-order valence-corrected chi connectivity index (χ0v) is 11.4. The number of aromatic nitrogens is 4. The van der Waals surface area contributed by atoms with Crippen molar-refractivity contribution in [2.75, 3.05) is 0 Å². The number of hydrogen-bond donors (Lipinski definition) is 1. The highest BCUT2D eigenvalue weighted by Crippen LogP contribution is 2.39. The lowest BCUT2D eigenvalue weighted by Gasteiger charge is -2.08. The molecule has 102 valence electrons. The van der Waals surface area contributed by atoms with Gasteiger partial charge in [-0.2, -0.15) is 5.10 Å². The first-order chi connectivity index (χ1) is 9.28. The molecule has 2 aromatic rings. The molecular weight excluding hydrogens is 238 g/mol. The quantitative estimate of drug-likeness (QED) is 0.862. The molecule has 1 unspecified atom stereocenters. The Kier molecular flexibility index (Phi) is 3.38. The summed E-state index contributed by atoms with van der Waals surface area (Å²) in [5.74, 6) is 1.70. The molecule has 0 bridgehead atoms. The summed E-state index contributed by atoms with van der Waals surface area (Å²) >= 11 is 0. The van der Waals surface area contributed by atoms with Gasteiger partial charge in [-0.15, -0.1) is 0 Å². The fourth-order valence-corrected chi connectivity index (χ4v) is 2.45. The first-order valence-electron chi connectivity index (χ1n) is 7.06. The molecule has 19 heavy (non-hydrogen) atoms. The van der Waals surface area contributed by atoms with E-state index in [9.17, 15) is 0 Å². The molecule has 1 atom stereocenters. The lowest BCUT2D eigenvalue weighted by atomic mass is 10.1. The van der Waals surface area contributed by atoms with Crippen LogP contribution in [0.4, 0.5) is 0 Å². The molecule has 5 nitrogen and oxygen atoms in total. The second kappa shape index (κ2) is 5.17. The number of nitrogens with zero attached hydrogens (tertiary/aromatic N) is 4. The van der Waals surface area contributed by atoms with Crippen LogP contribution in [0.3, 0.4) is 0 Å². The largest absolute Gasteiger partial charge is 0.346 e. The number of nitrogens with two attached hydrogens (primary N) is 1. The lowest BCUT2D eigenvalue weighted by Crippen LogP contribution is -2.12. The van der Waals surface area contributed by atoms with Crippen molar-refractivity contribution in [2.45, 2.75) is 45.3 Å². The van der Waals surface area contributed by atoms with Crippen LogP contribution in [0.1, 0.15) is 43.6 Å².